The number of halogens is 1. The topological polar surface area (TPSA) is 27.1 Å². The van der Waals surface area contributed by atoms with Gasteiger partial charge in [-0.05, 0) is 31.4 Å². The highest BCUT2D eigenvalue weighted by Crippen LogP contribution is 2.29. The number of benzene rings is 1. The largest absolute Gasteiger partial charge is 0.379 e. The number of alkyl halides is 1. The Morgan fingerprint density at radius 1 is 1.47 bits per heavy atom. The molecule has 0 amide bonds. The van der Waals surface area contributed by atoms with Gasteiger partial charge < -0.3 is 9.30 Å². The second kappa shape index (κ2) is 5.51. The molecule has 1 saturated heterocycles. The van der Waals surface area contributed by atoms with E-state index in [4.69, 9.17) is 21.3 Å². The average Bonchev–Trinajstić information content (AvgIpc) is 2.80. The summed E-state index contributed by atoms with van der Waals surface area (Å²) < 4.78 is 8.01. The zero-order valence-electron chi connectivity index (χ0n) is 11.2. The van der Waals surface area contributed by atoms with Crippen molar-refractivity contribution in [3.63, 3.8) is 0 Å². The monoisotopic (exact) mass is 278 g/mol. The molecule has 3 nitrogen and oxygen atoms in total. The molecule has 3 rings (SSSR count). The Kier molecular flexibility index (Phi) is 3.76. The first-order chi connectivity index (χ1) is 9.31. The van der Waals surface area contributed by atoms with Crippen molar-refractivity contribution in [3.8, 4) is 0 Å². The van der Waals surface area contributed by atoms with Gasteiger partial charge in [-0.25, -0.2) is 4.98 Å². The summed E-state index contributed by atoms with van der Waals surface area (Å²) in [7, 11) is 0. The third kappa shape index (κ3) is 2.37. The molecule has 2 aromatic rings. The summed E-state index contributed by atoms with van der Waals surface area (Å²) in [5, 5.41) is 0. The van der Waals surface area contributed by atoms with E-state index in [1.165, 1.54) is 11.1 Å². The predicted octanol–water partition coefficient (Wildman–Crippen LogP) is 3.48. The van der Waals surface area contributed by atoms with Gasteiger partial charge in [-0.3, -0.25) is 0 Å². The molecule has 0 bridgehead atoms. The summed E-state index contributed by atoms with van der Waals surface area (Å²) >= 11 is 5.93. The molecule has 0 N–H and O–H groups in total. The van der Waals surface area contributed by atoms with Crippen molar-refractivity contribution in [1.82, 2.24) is 9.55 Å². The highest BCUT2D eigenvalue weighted by molar-refractivity contribution is 6.17. The van der Waals surface area contributed by atoms with E-state index in [2.05, 4.69) is 29.7 Å². The molecule has 4 heteroatoms. The Balaban J connectivity index is 2.14. The lowest BCUT2D eigenvalue weighted by molar-refractivity contribution is 0.0596. The summed E-state index contributed by atoms with van der Waals surface area (Å²) in [4.78, 5) is 4.76. The Morgan fingerprint density at radius 2 is 2.37 bits per heavy atom. The van der Waals surface area contributed by atoms with Crippen LogP contribution in [0, 0.1) is 6.92 Å². The zero-order valence-corrected chi connectivity index (χ0v) is 12.0. The van der Waals surface area contributed by atoms with Crippen LogP contribution in [0.5, 0.6) is 0 Å². The first-order valence-electron chi connectivity index (χ1n) is 6.91. The van der Waals surface area contributed by atoms with Gasteiger partial charge in [0.05, 0.1) is 23.7 Å². The standard InChI is InChI=1S/C15H19ClN2O/c1-11-4-2-6-13-15(11)18(14(17-13)7-8-16)12-5-3-9-19-10-12/h2,4,6,12H,3,5,7-10H2,1H3. The third-order valence-corrected chi connectivity index (χ3v) is 3.99. The maximum atomic E-state index is 5.93. The summed E-state index contributed by atoms with van der Waals surface area (Å²) in [5.74, 6) is 1.70. The molecule has 0 radical (unpaired) electrons. The molecular formula is C15H19ClN2O. The number of hydrogen-bond acceptors (Lipinski definition) is 2. The number of para-hydroxylation sites is 1. The van der Waals surface area contributed by atoms with Crippen LogP contribution in [-0.2, 0) is 11.2 Å². The van der Waals surface area contributed by atoms with E-state index in [-0.39, 0.29) is 0 Å². The second-order valence-electron chi connectivity index (χ2n) is 5.15. The minimum atomic E-state index is 0.401. The smallest absolute Gasteiger partial charge is 0.111 e. The van der Waals surface area contributed by atoms with E-state index >= 15 is 0 Å². The Morgan fingerprint density at radius 3 is 3.11 bits per heavy atom. The van der Waals surface area contributed by atoms with Crippen LogP contribution in [0.3, 0.4) is 0 Å². The minimum Gasteiger partial charge on any atom is -0.379 e. The predicted molar refractivity (Wildman–Crippen MR) is 78.0 cm³/mol. The number of fused-ring (bicyclic) bond motifs is 1. The van der Waals surface area contributed by atoms with Crippen molar-refractivity contribution in [2.24, 2.45) is 0 Å². The van der Waals surface area contributed by atoms with Crippen molar-refractivity contribution in [2.45, 2.75) is 32.2 Å². The molecule has 0 aliphatic carbocycles. The van der Waals surface area contributed by atoms with E-state index in [1.54, 1.807) is 0 Å². The summed E-state index contributed by atoms with van der Waals surface area (Å²) in [6.45, 7) is 3.82. The van der Waals surface area contributed by atoms with Crippen LogP contribution in [0.1, 0.15) is 30.3 Å². The van der Waals surface area contributed by atoms with Gasteiger partial charge >= 0.3 is 0 Å². The van der Waals surface area contributed by atoms with E-state index < -0.39 is 0 Å². The molecule has 2 heterocycles. The van der Waals surface area contributed by atoms with Gasteiger partial charge in [0.1, 0.15) is 5.82 Å². The molecule has 1 atom stereocenters. The molecule has 1 fully saturated rings. The molecule has 0 spiro atoms. The van der Waals surface area contributed by atoms with Crippen LogP contribution < -0.4 is 0 Å². The van der Waals surface area contributed by atoms with Crippen LogP contribution in [0.2, 0.25) is 0 Å². The van der Waals surface area contributed by atoms with Gasteiger partial charge in [0.15, 0.2) is 0 Å². The number of nitrogens with zero attached hydrogens (tertiary/aromatic N) is 2. The first kappa shape index (κ1) is 12.9. The van der Waals surface area contributed by atoms with Crippen molar-refractivity contribution in [2.75, 3.05) is 19.1 Å². The normalized spacial score (nSPS) is 20.0. The highest BCUT2D eigenvalue weighted by atomic mass is 35.5. The molecular weight excluding hydrogens is 260 g/mol. The number of rotatable bonds is 3. The summed E-state index contributed by atoms with van der Waals surface area (Å²) in [6, 6.07) is 6.70. The maximum absolute atomic E-state index is 5.93. The van der Waals surface area contributed by atoms with Crippen LogP contribution in [-0.4, -0.2) is 28.6 Å². The Hall–Kier alpha value is -1.06. The van der Waals surface area contributed by atoms with Crippen LogP contribution in [0.25, 0.3) is 11.0 Å². The first-order valence-corrected chi connectivity index (χ1v) is 7.45. The highest BCUT2D eigenvalue weighted by Gasteiger charge is 2.22. The van der Waals surface area contributed by atoms with Gasteiger partial charge in [-0.2, -0.15) is 0 Å². The van der Waals surface area contributed by atoms with E-state index in [9.17, 15) is 0 Å². The zero-order chi connectivity index (χ0) is 13.2. The number of hydrogen-bond donors (Lipinski definition) is 0. The maximum Gasteiger partial charge on any atom is 0.111 e. The van der Waals surface area contributed by atoms with E-state index in [0.29, 0.717) is 11.9 Å². The van der Waals surface area contributed by atoms with Crippen molar-refractivity contribution >= 4 is 22.6 Å². The Bertz CT molecular complexity index is 573. The lowest BCUT2D eigenvalue weighted by Crippen LogP contribution is -2.23. The lowest BCUT2D eigenvalue weighted by atomic mass is 10.1. The molecule has 1 aliphatic heterocycles. The van der Waals surface area contributed by atoms with E-state index in [0.717, 1.165) is 43.8 Å². The van der Waals surface area contributed by atoms with Crippen molar-refractivity contribution in [1.29, 1.82) is 0 Å². The molecule has 19 heavy (non-hydrogen) atoms. The molecule has 102 valence electrons. The lowest BCUT2D eigenvalue weighted by Gasteiger charge is -2.26. The third-order valence-electron chi connectivity index (χ3n) is 3.80. The number of ether oxygens (including phenoxy) is 1. The molecule has 1 aromatic heterocycles. The quantitative estimate of drug-likeness (QED) is 0.804. The number of aromatic nitrogens is 2. The van der Waals surface area contributed by atoms with Gasteiger partial charge in [0.25, 0.3) is 0 Å². The summed E-state index contributed by atoms with van der Waals surface area (Å²) in [6.07, 6.45) is 3.10. The fourth-order valence-corrected chi connectivity index (χ4v) is 3.12. The van der Waals surface area contributed by atoms with Gasteiger partial charge in [0.2, 0.25) is 0 Å². The minimum absolute atomic E-state index is 0.401. The van der Waals surface area contributed by atoms with Crippen molar-refractivity contribution in [3.05, 3.63) is 29.6 Å². The van der Waals surface area contributed by atoms with Gasteiger partial charge in [-0.1, -0.05) is 12.1 Å². The fourth-order valence-electron chi connectivity index (χ4n) is 2.95. The van der Waals surface area contributed by atoms with Gasteiger partial charge in [0, 0.05) is 18.9 Å². The van der Waals surface area contributed by atoms with E-state index in [1.807, 2.05) is 0 Å². The molecule has 1 unspecified atom stereocenters. The molecule has 1 aliphatic rings. The number of aryl methyl sites for hydroxylation is 2. The SMILES string of the molecule is Cc1cccc2nc(CCCl)n(C3CCCOC3)c12. The van der Waals surface area contributed by atoms with Crippen molar-refractivity contribution < 1.29 is 4.74 Å². The number of imidazole rings is 1. The summed E-state index contributed by atoms with van der Waals surface area (Å²) in [5.41, 5.74) is 3.60. The fraction of sp³-hybridized carbons (Fsp3) is 0.533. The van der Waals surface area contributed by atoms with Gasteiger partial charge in [-0.15, -0.1) is 11.6 Å². The van der Waals surface area contributed by atoms with Crippen LogP contribution >= 0.6 is 11.6 Å². The molecule has 1 aromatic carbocycles. The Labute approximate surface area is 118 Å². The molecule has 0 saturated carbocycles. The average molecular weight is 279 g/mol. The van der Waals surface area contributed by atoms with Crippen LogP contribution in [0.15, 0.2) is 18.2 Å². The van der Waals surface area contributed by atoms with Crippen LogP contribution in [0.4, 0.5) is 0 Å². The second-order valence-corrected chi connectivity index (χ2v) is 5.53.